The van der Waals surface area contributed by atoms with Gasteiger partial charge >= 0.3 is 0 Å². The van der Waals surface area contributed by atoms with Crippen molar-refractivity contribution in [2.75, 3.05) is 13.1 Å². The quantitative estimate of drug-likeness (QED) is 0.666. The van der Waals surface area contributed by atoms with Crippen molar-refractivity contribution >= 4 is 0 Å². The van der Waals surface area contributed by atoms with E-state index < -0.39 is 0 Å². The maximum Gasteiger partial charge on any atom is 0.0946 e. The zero-order valence-corrected chi connectivity index (χ0v) is 7.83. The lowest BCUT2D eigenvalue weighted by Crippen LogP contribution is -2.23. The molecule has 0 bridgehead atoms. The van der Waals surface area contributed by atoms with Gasteiger partial charge in [0.1, 0.15) is 0 Å². The minimum Gasteiger partial charge on any atom is -0.336 e. The Bertz CT molecular complexity index is 192. The van der Waals surface area contributed by atoms with Crippen molar-refractivity contribution in [3.63, 3.8) is 0 Å². The van der Waals surface area contributed by atoms with Crippen LogP contribution in [0.2, 0.25) is 0 Å². The van der Waals surface area contributed by atoms with Crippen LogP contribution in [0.1, 0.15) is 13.8 Å². The van der Waals surface area contributed by atoms with Crippen LogP contribution >= 0.6 is 0 Å². The fourth-order valence-corrected chi connectivity index (χ4v) is 1.02. The van der Waals surface area contributed by atoms with Crippen molar-refractivity contribution in [3.05, 3.63) is 18.7 Å². The Balaban J connectivity index is 2.04. The van der Waals surface area contributed by atoms with Gasteiger partial charge in [0.2, 0.25) is 0 Å². The first-order valence-corrected chi connectivity index (χ1v) is 4.45. The molecule has 0 aliphatic rings. The van der Waals surface area contributed by atoms with Crippen molar-refractivity contribution in [3.8, 4) is 0 Å². The van der Waals surface area contributed by atoms with E-state index in [2.05, 4.69) is 28.7 Å². The first-order valence-electron chi connectivity index (χ1n) is 4.45. The second-order valence-corrected chi connectivity index (χ2v) is 3.40. The molecule has 0 aliphatic heterocycles. The zero-order valence-electron chi connectivity index (χ0n) is 7.83. The topological polar surface area (TPSA) is 29.9 Å². The molecule has 1 rings (SSSR count). The van der Waals surface area contributed by atoms with E-state index in [0.29, 0.717) is 0 Å². The Morgan fingerprint density at radius 2 is 2.33 bits per heavy atom. The molecule has 3 nitrogen and oxygen atoms in total. The van der Waals surface area contributed by atoms with Gasteiger partial charge in [-0.05, 0) is 12.5 Å². The van der Waals surface area contributed by atoms with Gasteiger partial charge in [-0.1, -0.05) is 13.8 Å². The molecule has 0 aromatic carbocycles. The molecule has 0 saturated heterocycles. The fourth-order valence-electron chi connectivity index (χ4n) is 1.02. The summed E-state index contributed by atoms with van der Waals surface area (Å²) in [5.41, 5.74) is 0. The third-order valence-corrected chi connectivity index (χ3v) is 1.66. The fraction of sp³-hybridized carbons (Fsp3) is 0.667. The predicted molar refractivity (Wildman–Crippen MR) is 49.9 cm³/mol. The molecule has 12 heavy (non-hydrogen) atoms. The van der Waals surface area contributed by atoms with Crippen LogP contribution in [0.4, 0.5) is 0 Å². The zero-order chi connectivity index (χ0) is 8.81. The highest BCUT2D eigenvalue weighted by Gasteiger charge is 1.92. The summed E-state index contributed by atoms with van der Waals surface area (Å²) in [6.45, 7) is 7.55. The molecule has 1 aromatic rings. The summed E-state index contributed by atoms with van der Waals surface area (Å²) >= 11 is 0. The normalized spacial score (nSPS) is 10.9. The smallest absolute Gasteiger partial charge is 0.0946 e. The molecule has 0 amide bonds. The Morgan fingerprint density at radius 3 is 2.92 bits per heavy atom. The molecule has 0 atom stereocenters. The van der Waals surface area contributed by atoms with Gasteiger partial charge in [-0.15, -0.1) is 0 Å². The Morgan fingerprint density at radius 1 is 1.50 bits per heavy atom. The molecule has 1 heterocycles. The van der Waals surface area contributed by atoms with Crippen LogP contribution < -0.4 is 5.32 Å². The SMILES string of the molecule is CC(C)CNCCn1ccnc1. The largest absolute Gasteiger partial charge is 0.336 e. The Kier molecular flexibility index (Phi) is 3.80. The number of nitrogens with zero attached hydrogens (tertiary/aromatic N) is 2. The van der Waals surface area contributed by atoms with Crippen molar-refractivity contribution in [1.29, 1.82) is 0 Å². The minimum absolute atomic E-state index is 0.729. The van der Waals surface area contributed by atoms with E-state index in [0.717, 1.165) is 25.6 Å². The first-order chi connectivity index (χ1) is 5.79. The van der Waals surface area contributed by atoms with Crippen LogP contribution in [0.25, 0.3) is 0 Å². The average Bonchev–Trinajstić information content (AvgIpc) is 2.49. The van der Waals surface area contributed by atoms with Gasteiger partial charge in [-0.3, -0.25) is 0 Å². The molecule has 68 valence electrons. The summed E-state index contributed by atoms with van der Waals surface area (Å²) in [5, 5.41) is 3.37. The third kappa shape index (κ3) is 3.53. The van der Waals surface area contributed by atoms with Gasteiger partial charge in [0.15, 0.2) is 0 Å². The van der Waals surface area contributed by atoms with E-state index >= 15 is 0 Å². The van der Waals surface area contributed by atoms with Crippen molar-refractivity contribution in [2.45, 2.75) is 20.4 Å². The van der Waals surface area contributed by atoms with E-state index in [1.54, 1.807) is 0 Å². The highest BCUT2D eigenvalue weighted by molar-refractivity contribution is 4.74. The summed E-state index contributed by atoms with van der Waals surface area (Å²) in [7, 11) is 0. The molecular weight excluding hydrogens is 150 g/mol. The lowest BCUT2D eigenvalue weighted by Gasteiger charge is -2.07. The second kappa shape index (κ2) is 4.93. The van der Waals surface area contributed by atoms with Crippen LogP contribution in [-0.2, 0) is 6.54 Å². The molecule has 1 aromatic heterocycles. The van der Waals surface area contributed by atoms with Crippen LogP contribution in [0.3, 0.4) is 0 Å². The molecule has 3 heteroatoms. The van der Waals surface area contributed by atoms with Gasteiger partial charge in [-0.25, -0.2) is 4.98 Å². The van der Waals surface area contributed by atoms with E-state index in [-0.39, 0.29) is 0 Å². The molecule has 0 saturated carbocycles. The molecule has 0 spiro atoms. The lowest BCUT2D eigenvalue weighted by molar-refractivity contribution is 0.524. The number of hydrogen-bond donors (Lipinski definition) is 1. The van der Waals surface area contributed by atoms with Gasteiger partial charge < -0.3 is 9.88 Å². The van der Waals surface area contributed by atoms with Crippen LogP contribution in [0, 0.1) is 5.92 Å². The summed E-state index contributed by atoms with van der Waals surface area (Å²) in [6.07, 6.45) is 5.64. The second-order valence-electron chi connectivity index (χ2n) is 3.40. The van der Waals surface area contributed by atoms with Crippen molar-refractivity contribution in [1.82, 2.24) is 14.9 Å². The van der Waals surface area contributed by atoms with Gasteiger partial charge in [-0.2, -0.15) is 0 Å². The van der Waals surface area contributed by atoms with Crippen LogP contribution in [0.5, 0.6) is 0 Å². The van der Waals surface area contributed by atoms with Crippen LogP contribution in [-0.4, -0.2) is 22.6 Å². The van der Waals surface area contributed by atoms with E-state index in [1.807, 2.05) is 18.7 Å². The maximum atomic E-state index is 3.97. The Labute approximate surface area is 73.8 Å². The monoisotopic (exact) mass is 167 g/mol. The summed E-state index contributed by atoms with van der Waals surface area (Å²) in [6, 6.07) is 0. The first kappa shape index (κ1) is 9.26. The highest BCUT2D eigenvalue weighted by Crippen LogP contribution is 1.87. The maximum absolute atomic E-state index is 3.97. The molecule has 0 unspecified atom stereocenters. The Hall–Kier alpha value is -0.830. The number of nitrogens with one attached hydrogen (secondary N) is 1. The molecule has 0 fully saturated rings. The lowest BCUT2D eigenvalue weighted by atomic mass is 10.2. The van der Waals surface area contributed by atoms with Crippen molar-refractivity contribution in [2.24, 2.45) is 5.92 Å². The average molecular weight is 167 g/mol. The third-order valence-electron chi connectivity index (χ3n) is 1.66. The predicted octanol–water partition coefficient (Wildman–Crippen LogP) is 1.13. The van der Waals surface area contributed by atoms with E-state index in [1.165, 1.54) is 0 Å². The summed E-state index contributed by atoms with van der Waals surface area (Å²) < 4.78 is 2.08. The van der Waals surface area contributed by atoms with Gasteiger partial charge in [0.25, 0.3) is 0 Å². The number of rotatable bonds is 5. The molecule has 0 aliphatic carbocycles. The summed E-state index contributed by atoms with van der Waals surface area (Å²) in [4.78, 5) is 3.97. The standard InChI is InChI=1S/C9H17N3/c1-9(2)7-10-3-5-12-6-4-11-8-12/h4,6,8-10H,3,5,7H2,1-2H3. The van der Waals surface area contributed by atoms with E-state index in [4.69, 9.17) is 0 Å². The highest BCUT2D eigenvalue weighted by atomic mass is 15.0. The number of imidazole rings is 1. The van der Waals surface area contributed by atoms with Gasteiger partial charge in [0, 0.05) is 25.5 Å². The van der Waals surface area contributed by atoms with E-state index in [9.17, 15) is 0 Å². The van der Waals surface area contributed by atoms with Crippen molar-refractivity contribution < 1.29 is 0 Å². The molecular formula is C9H17N3. The number of aromatic nitrogens is 2. The number of hydrogen-bond acceptors (Lipinski definition) is 2. The van der Waals surface area contributed by atoms with Crippen LogP contribution in [0.15, 0.2) is 18.7 Å². The van der Waals surface area contributed by atoms with Gasteiger partial charge in [0.05, 0.1) is 6.33 Å². The molecule has 1 N–H and O–H groups in total. The minimum atomic E-state index is 0.729. The summed E-state index contributed by atoms with van der Waals surface area (Å²) in [5.74, 6) is 0.729. The molecule has 0 radical (unpaired) electrons.